The molecule has 0 radical (unpaired) electrons. The van der Waals surface area contributed by atoms with Crippen LogP contribution in [-0.2, 0) is 4.79 Å². The molecule has 1 saturated carbocycles. The molecule has 0 aromatic rings. The lowest BCUT2D eigenvalue weighted by Gasteiger charge is -2.33. The van der Waals surface area contributed by atoms with Gasteiger partial charge in [0, 0.05) is 6.54 Å². The van der Waals surface area contributed by atoms with Crippen LogP contribution in [0.4, 0.5) is 0 Å². The first-order chi connectivity index (χ1) is 10.2. The summed E-state index contributed by atoms with van der Waals surface area (Å²) in [6.07, 6.45) is 8.27. The number of rotatable bonds is 4. The smallest absolute Gasteiger partial charge is 0.235 e. The lowest BCUT2D eigenvalue weighted by atomic mass is 9.91. The average Bonchev–Trinajstić information content (AvgIpc) is 2.73. The van der Waals surface area contributed by atoms with Crippen molar-refractivity contribution in [2.24, 2.45) is 11.7 Å². The normalized spacial score (nSPS) is 26.6. The number of nitrogens with one attached hydrogen (secondary N) is 1. The molecule has 1 amide bonds. The molecule has 5 heteroatoms. The Morgan fingerprint density at radius 3 is 2.62 bits per heavy atom. The van der Waals surface area contributed by atoms with Crippen LogP contribution in [0.25, 0.3) is 0 Å². The molecule has 0 aromatic carbocycles. The fourth-order valence-corrected chi connectivity index (χ4v) is 3.59. The Bertz CT molecular complexity index is 382. The lowest BCUT2D eigenvalue weighted by Crippen LogP contribution is -2.51. The van der Waals surface area contributed by atoms with Crippen LogP contribution in [0.1, 0.15) is 51.4 Å². The number of amides is 1. The molecular formula is C16H28N4O. The third kappa shape index (κ3) is 4.69. The van der Waals surface area contributed by atoms with E-state index < -0.39 is 5.54 Å². The number of nitrogens with two attached hydrogens (primary N) is 1. The van der Waals surface area contributed by atoms with Gasteiger partial charge in [-0.1, -0.05) is 25.7 Å². The van der Waals surface area contributed by atoms with Crippen LogP contribution in [0, 0.1) is 17.2 Å². The summed E-state index contributed by atoms with van der Waals surface area (Å²) in [5.74, 6) is 0.505. The van der Waals surface area contributed by atoms with Gasteiger partial charge in [0.1, 0.15) is 5.54 Å². The summed E-state index contributed by atoms with van der Waals surface area (Å²) in [6, 6.07) is 2.38. The Balaban J connectivity index is 1.86. The predicted octanol–water partition coefficient (Wildman–Crippen LogP) is 1.39. The zero-order valence-corrected chi connectivity index (χ0v) is 12.9. The summed E-state index contributed by atoms with van der Waals surface area (Å²) < 4.78 is 0. The molecule has 2 rings (SSSR count). The van der Waals surface area contributed by atoms with Crippen LogP contribution in [0.3, 0.4) is 0 Å². The number of hydrogen-bond acceptors (Lipinski definition) is 4. The standard InChI is InChI=1S/C16H28N4O/c17-10-14-6-5-9-20(11-14)12-15(21)19-16(13-18)7-3-1-2-4-8-16/h14H,1-12,17H2,(H,19,21). The summed E-state index contributed by atoms with van der Waals surface area (Å²) in [5.41, 5.74) is 5.11. The molecule has 2 aliphatic rings. The summed E-state index contributed by atoms with van der Waals surface area (Å²) in [6.45, 7) is 2.97. The summed E-state index contributed by atoms with van der Waals surface area (Å²) >= 11 is 0. The number of carbonyl (C=O) groups excluding carboxylic acids is 1. The van der Waals surface area contributed by atoms with Crippen molar-refractivity contribution in [3.8, 4) is 6.07 Å². The van der Waals surface area contributed by atoms with Crippen LogP contribution in [0.2, 0.25) is 0 Å². The van der Waals surface area contributed by atoms with Crippen molar-refractivity contribution < 1.29 is 4.79 Å². The third-order valence-electron chi connectivity index (χ3n) is 4.85. The van der Waals surface area contributed by atoms with Gasteiger partial charge in [-0.2, -0.15) is 5.26 Å². The van der Waals surface area contributed by atoms with Crippen molar-refractivity contribution in [3.63, 3.8) is 0 Å². The molecule has 21 heavy (non-hydrogen) atoms. The first-order valence-electron chi connectivity index (χ1n) is 8.32. The molecule has 1 aliphatic carbocycles. The Kier molecular flexibility index (Phi) is 6.01. The zero-order valence-electron chi connectivity index (χ0n) is 12.9. The second-order valence-electron chi connectivity index (χ2n) is 6.64. The number of likely N-dealkylation sites (tertiary alicyclic amines) is 1. The van der Waals surface area contributed by atoms with E-state index in [1.54, 1.807) is 0 Å². The van der Waals surface area contributed by atoms with E-state index in [0.717, 1.165) is 51.6 Å². The maximum Gasteiger partial charge on any atom is 0.235 e. The van der Waals surface area contributed by atoms with E-state index in [0.29, 0.717) is 19.0 Å². The van der Waals surface area contributed by atoms with Crippen molar-refractivity contribution >= 4 is 5.91 Å². The molecule has 5 nitrogen and oxygen atoms in total. The van der Waals surface area contributed by atoms with Crippen molar-refractivity contribution in [1.82, 2.24) is 10.2 Å². The van der Waals surface area contributed by atoms with E-state index in [1.807, 2.05) is 0 Å². The van der Waals surface area contributed by atoms with Gasteiger partial charge in [0.15, 0.2) is 0 Å². The van der Waals surface area contributed by atoms with Gasteiger partial charge in [-0.25, -0.2) is 0 Å². The highest BCUT2D eigenvalue weighted by Gasteiger charge is 2.33. The minimum atomic E-state index is -0.628. The minimum absolute atomic E-state index is 0.00359. The van der Waals surface area contributed by atoms with Gasteiger partial charge in [-0.3, -0.25) is 9.69 Å². The van der Waals surface area contributed by atoms with Crippen molar-refractivity contribution in [2.45, 2.75) is 56.9 Å². The van der Waals surface area contributed by atoms with E-state index in [-0.39, 0.29) is 5.91 Å². The number of hydrogen-bond donors (Lipinski definition) is 2. The number of carbonyl (C=O) groups is 1. The van der Waals surface area contributed by atoms with Crippen molar-refractivity contribution in [2.75, 3.05) is 26.2 Å². The first kappa shape index (κ1) is 16.3. The molecule has 3 N–H and O–H groups in total. The van der Waals surface area contributed by atoms with Gasteiger partial charge in [0.2, 0.25) is 5.91 Å². The highest BCUT2D eigenvalue weighted by Crippen LogP contribution is 2.26. The topological polar surface area (TPSA) is 82.2 Å². The van der Waals surface area contributed by atoms with Crippen LogP contribution in [-0.4, -0.2) is 42.5 Å². The van der Waals surface area contributed by atoms with Gasteiger partial charge in [0.05, 0.1) is 12.6 Å². The van der Waals surface area contributed by atoms with Gasteiger partial charge >= 0.3 is 0 Å². The SMILES string of the molecule is N#CC1(NC(=O)CN2CCCC(CN)C2)CCCCCC1. The largest absolute Gasteiger partial charge is 0.337 e. The van der Waals surface area contributed by atoms with E-state index in [1.165, 1.54) is 12.8 Å². The highest BCUT2D eigenvalue weighted by atomic mass is 16.2. The van der Waals surface area contributed by atoms with E-state index in [9.17, 15) is 10.1 Å². The molecule has 2 fully saturated rings. The van der Waals surface area contributed by atoms with Gasteiger partial charge in [-0.15, -0.1) is 0 Å². The molecule has 1 heterocycles. The minimum Gasteiger partial charge on any atom is -0.337 e. The fraction of sp³-hybridized carbons (Fsp3) is 0.875. The second kappa shape index (κ2) is 7.77. The van der Waals surface area contributed by atoms with Crippen LogP contribution >= 0.6 is 0 Å². The molecule has 1 unspecified atom stereocenters. The zero-order chi connectivity index (χ0) is 15.1. The number of piperidine rings is 1. The molecule has 0 aromatic heterocycles. The van der Waals surface area contributed by atoms with Crippen molar-refractivity contribution in [3.05, 3.63) is 0 Å². The Morgan fingerprint density at radius 1 is 1.29 bits per heavy atom. The highest BCUT2D eigenvalue weighted by molar-refractivity contribution is 5.79. The van der Waals surface area contributed by atoms with Crippen LogP contribution in [0.15, 0.2) is 0 Å². The Labute approximate surface area is 127 Å². The molecular weight excluding hydrogens is 264 g/mol. The number of nitrogens with zero attached hydrogens (tertiary/aromatic N) is 2. The number of nitriles is 1. The van der Waals surface area contributed by atoms with Crippen molar-refractivity contribution in [1.29, 1.82) is 5.26 Å². The molecule has 0 bridgehead atoms. The van der Waals surface area contributed by atoms with E-state index in [4.69, 9.17) is 5.73 Å². The molecule has 1 saturated heterocycles. The van der Waals surface area contributed by atoms with Gasteiger partial charge < -0.3 is 11.1 Å². The Hall–Kier alpha value is -1.12. The maximum atomic E-state index is 12.3. The second-order valence-corrected chi connectivity index (χ2v) is 6.64. The quantitative estimate of drug-likeness (QED) is 0.767. The maximum absolute atomic E-state index is 12.3. The molecule has 1 aliphatic heterocycles. The van der Waals surface area contributed by atoms with Crippen LogP contribution < -0.4 is 11.1 Å². The van der Waals surface area contributed by atoms with Gasteiger partial charge in [-0.05, 0) is 44.7 Å². The van der Waals surface area contributed by atoms with E-state index >= 15 is 0 Å². The average molecular weight is 292 g/mol. The molecule has 118 valence electrons. The summed E-state index contributed by atoms with van der Waals surface area (Å²) in [4.78, 5) is 14.5. The van der Waals surface area contributed by atoms with E-state index in [2.05, 4.69) is 16.3 Å². The van der Waals surface area contributed by atoms with Gasteiger partial charge in [0.25, 0.3) is 0 Å². The Morgan fingerprint density at radius 2 is 2.00 bits per heavy atom. The lowest BCUT2D eigenvalue weighted by molar-refractivity contribution is -0.124. The first-order valence-corrected chi connectivity index (χ1v) is 8.32. The third-order valence-corrected chi connectivity index (χ3v) is 4.85. The summed E-state index contributed by atoms with van der Waals surface area (Å²) in [7, 11) is 0. The molecule has 0 spiro atoms. The fourth-order valence-electron chi connectivity index (χ4n) is 3.59. The molecule has 1 atom stereocenters. The predicted molar refractivity (Wildman–Crippen MR) is 82.4 cm³/mol. The monoisotopic (exact) mass is 292 g/mol. The van der Waals surface area contributed by atoms with Crippen LogP contribution in [0.5, 0.6) is 0 Å². The summed E-state index contributed by atoms with van der Waals surface area (Å²) in [5, 5.41) is 12.5.